The van der Waals surface area contributed by atoms with E-state index in [1.165, 1.54) is 6.07 Å². The Kier molecular flexibility index (Phi) is 4.43. The molecule has 1 aromatic heterocycles. The molecule has 4 nitrogen and oxygen atoms in total. The predicted molar refractivity (Wildman–Crippen MR) is 71.0 cm³/mol. The number of nitrogens with two attached hydrogens (primary N) is 1. The van der Waals surface area contributed by atoms with Gasteiger partial charge in [0.2, 0.25) is 0 Å². The molecule has 0 radical (unpaired) electrons. The molecule has 0 saturated carbocycles. The van der Waals surface area contributed by atoms with Crippen molar-refractivity contribution in [1.82, 2.24) is 10.4 Å². The van der Waals surface area contributed by atoms with E-state index in [1.54, 1.807) is 19.4 Å². The maximum atomic E-state index is 13.7. The zero-order valence-corrected chi connectivity index (χ0v) is 10.6. The molecule has 1 aromatic carbocycles. The molecule has 19 heavy (non-hydrogen) atoms. The highest BCUT2D eigenvalue weighted by Gasteiger charge is 2.17. The Balaban J connectivity index is 2.27. The Hall–Kier alpha value is -1.98. The van der Waals surface area contributed by atoms with Crippen molar-refractivity contribution in [2.75, 3.05) is 7.11 Å². The molecule has 0 saturated heterocycles. The van der Waals surface area contributed by atoms with Gasteiger partial charge in [0.25, 0.3) is 0 Å². The molecular weight excluding hydrogens is 245 g/mol. The number of pyridine rings is 1. The van der Waals surface area contributed by atoms with E-state index in [4.69, 9.17) is 10.6 Å². The highest BCUT2D eigenvalue weighted by Crippen LogP contribution is 2.24. The van der Waals surface area contributed by atoms with Crippen LogP contribution in [-0.4, -0.2) is 12.1 Å². The van der Waals surface area contributed by atoms with E-state index < -0.39 is 6.04 Å². The molecule has 5 heteroatoms. The number of nitrogens with one attached hydrogen (secondary N) is 1. The Morgan fingerprint density at radius 1 is 1.32 bits per heavy atom. The molecule has 100 valence electrons. The van der Waals surface area contributed by atoms with Crippen molar-refractivity contribution in [1.29, 1.82) is 0 Å². The number of benzene rings is 1. The molecule has 1 unspecified atom stereocenters. The second-order valence-corrected chi connectivity index (χ2v) is 4.11. The van der Waals surface area contributed by atoms with Crippen LogP contribution in [0.2, 0.25) is 0 Å². The lowest BCUT2D eigenvalue weighted by atomic mass is 10.0. The van der Waals surface area contributed by atoms with Crippen molar-refractivity contribution in [2.45, 2.75) is 12.5 Å². The van der Waals surface area contributed by atoms with Crippen LogP contribution in [0.25, 0.3) is 0 Å². The van der Waals surface area contributed by atoms with Crippen molar-refractivity contribution in [2.24, 2.45) is 5.84 Å². The fourth-order valence-corrected chi connectivity index (χ4v) is 1.98. The number of nitrogens with zero attached hydrogens (tertiary/aromatic N) is 1. The van der Waals surface area contributed by atoms with E-state index >= 15 is 0 Å². The largest absolute Gasteiger partial charge is 0.496 e. The zero-order chi connectivity index (χ0) is 13.7. The quantitative estimate of drug-likeness (QED) is 0.638. The first-order valence-electron chi connectivity index (χ1n) is 5.94. The van der Waals surface area contributed by atoms with Crippen LogP contribution >= 0.6 is 0 Å². The first-order chi connectivity index (χ1) is 9.26. The third-order valence-electron chi connectivity index (χ3n) is 2.93. The standard InChI is InChI=1S/C14H16FN3O/c1-19-13-7-3-2-5-10(13)9-12(18-16)14-11(15)6-4-8-17-14/h2-8,12,18H,9,16H2,1H3. The average Bonchev–Trinajstić information content (AvgIpc) is 2.46. The molecule has 1 atom stereocenters. The van der Waals surface area contributed by atoms with Crippen LogP contribution in [-0.2, 0) is 6.42 Å². The molecule has 3 N–H and O–H groups in total. The van der Waals surface area contributed by atoms with Gasteiger partial charge >= 0.3 is 0 Å². The summed E-state index contributed by atoms with van der Waals surface area (Å²) < 4.78 is 19.0. The van der Waals surface area contributed by atoms with E-state index in [1.807, 2.05) is 24.3 Å². The Bertz CT molecular complexity index is 548. The Labute approximate surface area is 111 Å². The fourth-order valence-electron chi connectivity index (χ4n) is 1.98. The smallest absolute Gasteiger partial charge is 0.146 e. The summed E-state index contributed by atoms with van der Waals surface area (Å²) in [6.45, 7) is 0. The molecule has 0 spiro atoms. The maximum Gasteiger partial charge on any atom is 0.146 e. The van der Waals surface area contributed by atoms with E-state index in [0.717, 1.165) is 11.3 Å². The summed E-state index contributed by atoms with van der Waals surface area (Å²) >= 11 is 0. The van der Waals surface area contributed by atoms with Crippen LogP contribution in [0.5, 0.6) is 5.75 Å². The Morgan fingerprint density at radius 2 is 2.11 bits per heavy atom. The van der Waals surface area contributed by atoms with E-state index in [2.05, 4.69) is 10.4 Å². The monoisotopic (exact) mass is 261 g/mol. The number of methoxy groups -OCH3 is 1. The van der Waals surface area contributed by atoms with Crippen molar-refractivity contribution < 1.29 is 9.13 Å². The summed E-state index contributed by atoms with van der Waals surface area (Å²) in [7, 11) is 1.60. The van der Waals surface area contributed by atoms with Crippen LogP contribution in [0.1, 0.15) is 17.3 Å². The van der Waals surface area contributed by atoms with Crippen molar-refractivity contribution in [3.63, 3.8) is 0 Å². The fraction of sp³-hybridized carbons (Fsp3) is 0.214. The van der Waals surface area contributed by atoms with Gasteiger partial charge in [0.05, 0.1) is 18.8 Å². The molecular formula is C14H16FN3O. The summed E-state index contributed by atoms with van der Waals surface area (Å²) in [5, 5.41) is 0. The van der Waals surface area contributed by atoms with Gasteiger partial charge in [0.1, 0.15) is 11.6 Å². The second kappa shape index (κ2) is 6.26. The number of hydrogen-bond donors (Lipinski definition) is 2. The van der Waals surface area contributed by atoms with Gasteiger partial charge in [-0.2, -0.15) is 0 Å². The number of hydrazine groups is 1. The van der Waals surface area contributed by atoms with Gasteiger partial charge in [-0.3, -0.25) is 16.3 Å². The summed E-state index contributed by atoms with van der Waals surface area (Å²) in [5.41, 5.74) is 3.85. The summed E-state index contributed by atoms with van der Waals surface area (Å²) in [5.74, 6) is 5.89. The van der Waals surface area contributed by atoms with Gasteiger partial charge < -0.3 is 4.74 Å². The maximum absolute atomic E-state index is 13.7. The number of ether oxygens (including phenoxy) is 1. The molecule has 1 heterocycles. The molecule has 0 aliphatic carbocycles. The van der Waals surface area contributed by atoms with Crippen molar-refractivity contribution >= 4 is 0 Å². The molecule has 2 rings (SSSR count). The average molecular weight is 261 g/mol. The third-order valence-corrected chi connectivity index (χ3v) is 2.93. The van der Waals surface area contributed by atoms with E-state index in [9.17, 15) is 4.39 Å². The third kappa shape index (κ3) is 3.07. The van der Waals surface area contributed by atoms with Crippen LogP contribution < -0.4 is 16.0 Å². The zero-order valence-electron chi connectivity index (χ0n) is 10.6. The van der Waals surface area contributed by atoms with Crippen LogP contribution in [0.4, 0.5) is 4.39 Å². The number of rotatable bonds is 5. The molecule has 2 aromatic rings. The molecule has 0 bridgehead atoms. The number of hydrogen-bond acceptors (Lipinski definition) is 4. The number of aromatic nitrogens is 1. The predicted octanol–water partition coefficient (Wildman–Crippen LogP) is 1.98. The van der Waals surface area contributed by atoms with Crippen LogP contribution in [0.15, 0.2) is 42.6 Å². The van der Waals surface area contributed by atoms with Crippen molar-refractivity contribution in [3.8, 4) is 5.75 Å². The highest BCUT2D eigenvalue weighted by molar-refractivity contribution is 5.34. The number of halogens is 1. The number of para-hydroxylation sites is 1. The lowest BCUT2D eigenvalue weighted by molar-refractivity contribution is 0.404. The summed E-state index contributed by atoms with van der Waals surface area (Å²) in [6, 6.07) is 10.1. The molecule has 0 aliphatic rings. The SMILES string of the molecule is COc1ccccc1CC(NN)c1ncccc1F. The molecule has 0 aliphatic heterocycles. The normalized spacial score (nSPS) is 12.2. The topological polar surface area (TPSA) is 60.2 Å². The minimum Gasteiger partial charge on any atom is -0.496 e. The van der Waals surface area contributed by atoms with Gasteiger partial charge in [0.15, 0.2) is 0 Å². The van der Waals surface area contributed by atoms with Gasteiger partial charge in [0, 0.05) is 6.20 Å². The summed E-state index contributed by atoms with van der Waals surface area (Å²) in [4.78, 5) is 4.04. The van der Waals surface area contributed by atoms with E-state index in [-0.39, 0.29) is 5.82 Å². The lowest BCUT2D eigenvalue weighted by Crippen LogP contribution is -2.31. The van der Waals surface area contributed by atoms with Gasteiger partial charge in [-0.1, -0.05) is 18.2 Å². The Morgan fingerprint density at radius 3 is 2.79 bits per heavy atom. The van der Waals surface area contributed by atoms with Gasteiger partial charge in [-0.15, -0.1) is 0 Å². The van der Waals surface area contributed by atoms with Crippen molar-refractivity contribution in [3.05, 3.63) is 59.7 Å². The van der Waals surface area contributed by atoms with E-state index in [0.29, 0.717) is 12.1 Å². The van der Waals surface area contributed by atoms with Crippen LogP contribution in [0.3, 0.4) is 0 Å². The van der Waals surface area contributed by atoms with Gasteiger partial charge in [-0.25, -0.2) is 4.39 Å². The molecule has 0 amide bonds. The minimum absolute atomic E-state index is 0.302. The molecule has 0 fully saturated rings. The lowest BCUT2D eigenvalue weighted by Gasteiger charge is -2.17. The first-order valence-corrected chi connectivity index (χ1v) is 5.94. The van der Waals surface area contributed by atoms with Gasteiger partial charge in [-0.05, 0) is 30.2 Å². The highest BCUT2D eigenvalue weighted by atomic mass is 19.1. The first kappa shape index (κ1) is 13.5. The van der Waals surface area contributed by atoms with Crippen LogP contribution in [0, 0.1) is 5.82 Å². The second-order valence-electron chi connectivity index (χ2n) is 4.11. The summed E-state index contributed by atoms with van der Waals surface area (Å²) in [6.07, 6.45) is 2.04. The minimum atomic E-state index is -0.405.